The van der Waals surface area contributed by atoms with E-state index < -0.39 is 0 Å². The van der Waals surface area contributed by atoms with Crippen molar-refractivity contribution in [3.63, 3.8) is 0 Å². The van der Waals surface area contributed by atoms with Gasteiger partial charge < -0.3 is 10.0 Å². The van der Waals surface area contributed by atoms with Crippen LogP contribution in [0.3, 0.4) is 0 Å². The van der Waals surface area contributed by atoms with Crippen LogP contribution in [0.15, 0.2) is 18.5 Å². The summed E-state index contributed by atoms with van der Waals surface area (Å²) in [5, 5.41) is 9.57. The fourth-order valence-electron chi connectivity index (χ4n) is 2.11. The summed E-state index contributed by atoms with van der Waals surface area (Å²) in [4.78, 5) is 17.7. The highest BCUT2D eigenvalue weighted by Gasteiger charge is 2.23. The van der Waals surface area contributed by atoms with Crippen LogP contribution in [0.4, 0.5) is 0 Å². The standard InChI is InChI=1S/C12H16N2O2/c1-9-3-2-6-14(8-9)12(16)10-4-5-13-7-11(10)15/h4-5,7,9,15H,2-3,6,8H2,1H3. The molecule has 0 spiro atoms. The maximum absolute atomic E-state index is 12.1. The van der Waals surface area contributed by atoms with Gasteiger partial charge in [-0.1, -0.05) is 6.92 Å². The number of aromatic hydroxyl groups is 1. The minimum absolute atomic E-state index is 0.0364. The monoisotopic (exact) mass is 220 g/mol. The molecule has 1 aliphatic heterocycles. The van der Waals surface area contributed by atoms with Crippen LogP contribution in [-0.2, 0) is 0 Å². The number of likely N-dealkylation sites (tertiary alicyclic amines) is 1. The number of hydrogen-bond donors (Lipinski definition) is 1. The van der Waals surface area contributed by atoms with Crippen LogP contribution in [0.5, 0.6) is 5.75 Å². The fraction of sp³-hybridized carbons (Fsp3) is 0.500. The highest BCUT2D eigenvalue weighted by molar-refractivity contribution is 5.96. The van der Waals surface area contributed by atoms with Gasteiger partial charge in [0.15, 0.2) is 0 Å². The summed E-state index contributed by atoms with van der Waals surface area (Å²) in [6.07, 6.45) is 5.05. The molecule has 4 nitrogen and oxygen atoms in total. The van der Waals surface area contributed by atoms with Crippen molar-refractivity contribution in [1.29, 1.82) is 0 Å². The van der Waals surface area contributed by atoms with Crippen LogP contribution in [-0.4, -0.2) is 34.0 Å². The van der Waals surface area contributed by atoms with Gasteiger partial charge in [0.25, 0.3) is 5.91 Å². The van der Waals surface area contributed by atoms with E-state index in [1.807, 2.05) is 4.90 Å². The second kappa shape index (κ2) is 4.51. The molecule has 0 aromatic carbocycles. The molecule has 0 aliphatic carbocycles. The molecule has 2 rings (SSSR count). The lowest BCUT2D eigenvalue weighted by atomic mass is 9.99. The molecular weight excluding hydrogens is 204 g/mol. The first-order valence-corrected chi connectivity index (χ1v) is 5.60. The first-order valence-electron chi connectivity index (χ1n) is 5.60. The van der Waals surface area contributed by atoms with E-state index in [0.717, 1.165) is 19.5 Å². The van der Waals surface area contributed by atoms with Crippen LogP contribution in [0.25, 0.3) is 0 Å². The predicted molar refractivity (Wildman–Crippen MR) is 60.2 cm³/mol. The first kappa shape index (κ1) is 10.9. The molecule has 16 heavy (non-hydrogen) atoms. The molecule has 1 N–H and O–H groups in total. The molecule has 0 saturated carbocycles. The summed E-state index contributed by atoms with van der Waals surface area (Å²) < 4.78 is 0. The first-order chi connectivity index (χ1) is 7.68. The molecule has 4 heteroatoms. The maximum Gasteiger partial charge on any atom is 0.257 e. The zero-order chi connectivity index (χ0) is 11.5. The summed E-state index contributed by atoms with van der Waals surface area (Å²) in [7, 11) is 0. The Labute approximate surface area is 94.9 Å². The third kappa shape index (κ3) is 2.15. The smallest absolute Gasteiger partial charge is 0.257 e. The summed E-state index contributed by atoms with van der Waals surface area (Å²) in [5.41, 5.74) is 0.351. The number of pyridine rings is 1. The molecule has 86 valence electrons. The van der Waals surface area contributed by atoms with Gasteiger partial charge in [-0.05, 0) is 24.8 Å². The SMILES string of the molecule is CC1CCCN(C(=O)c2ccncc2O)C1. The van der Waals surface area contributed by atoms with Gasteiger partial charge >= 0.3 is 0 Å². The quantitative estimate of drug-likeness (QED) is 0.783. The van der Waals surface area contributed by atoms with E-state index >= 15 is 0 Å². The second-order valence-corrected chi connectivity index (χ2v) is 4.39. The summed E-state index contributed by atoms with van der Waals surface area (Å²) >= 11 is 0. The van der Waals surface area contributed by atoms with Gasteiger partial charge in [-0.2, -0.15) is 0 Å². The Balaban J connectivity index is 2.16. The molecule has 1 fully saturated rings. The number of hydrogen-bond acceptors (Lipinski definition) is 3. The Morgan fingerprint density at radius 1 is 1.62 bits per heavy atom. The number of aromatic nitrogens is 1. The number of piperidine rings is 1. The van der Waals surface area contributed by atoms with Gasteiger partial charge in [0.1, 0.15) is 5.75 Å². The molecule has 0 bridgehead atoms. The normalized spacial score (nSPS) is 20.8. The van der Waals surface area contributed by atoms with Crippen molar-refractivity contribution >= 4 is 5.91 Å². The van der Waals surface area contributed by atoms with Crippen LogP contribution >= 0.6 is 0 Å². The van der Waals surface area contributed by atoms with Crippen LogP contribution in [0, 0.1) is 5.92 Å². The van der Waals surface area contributed by atoms with E-state index in [4.69, 9.17) is 0 Å². The maximum atomic E-state index is 12.1. The average molecular weight is 220 g/mol. The van der Waals surface area contributed by atoms with Gasteiger partial charge in [0, 0.05) is 19.3 Å². The van der Waals surface area contributed by atoms with Crippen molar-refractivity contribution in [2.24, 2.45) is 5.92 Å². The highest BCUT2D eigenvalue weighted by atomic mass is 16.3. The third-order valence-corrected chi connectivity index (χ3v) is 2.97. The minimum atomic E-state index is -0.0912. The van der Waals surface area contributed by atoms with Crippen molar-refractivity contribution in [3.8, 4) is 5.75 Å². The Hall–Kier alpha value is -1.58. The number of amides is 1. The molecule has 0 radical (unpaired) electrons. The zero-order valence-corrected chi connectivity index (χ0v) is 9.39. The van der Waals surface area contributed by atoms with E-state index in [-0.39, 0.29) is 11.7 Å². The van der Waals surface area contributed by atoms with Crippen molar-refractivity contribution in [2.45, 2.75) is 19.8 Å². The van der Waals surface area contributed by atoms with Gasteiger partial charge in [-0.15, -0.1) is 0 Å². The Morgan fingerprint density at radius 3 is 3.12 bits per heavy atom. The van der Waals surface area contributed by atoms with Crippen LogP contribution in [0.1, 0.15) is 30.1 Å². The van der Waals surface area contributed by atoms with E-state index in [1.165, 1.54) is 18.8 Å². The molecular formula is C12H16N2O2. The predicted octanol–water partition coefficient (Wildman–Crippen LogP) is 1.66. The Bertz CT molecular complexity index is 392. The van der Waals surface area contributed by atoms with Crippen molar-refractivity contribution in [3.05, 3.63) is 24.0 Å². The van der Waals surface area contributed by atoms with E-state index in [1.54, 1.807) is 6.07 Å². The largest absolute Gasteiger partial charge is 0.505 e. The van der Waals surface area contributed by atoms with Gasteiger partial charge in [0.2, 0.25) is 0 Å². The molecule has 1 amide bonds. The molecule has 2 heterocycles. The van der Waals surface area contributed by atoms with Gasteiger partial charge in [-0.25, -0.2) is 0 Å². The second-order valence-electron chi connectivity index (χ2n) is 4.39. The lowest BCUT2D eigenvalue weighted by Gasteiger charge is -2.31. The molecule has 1 aromatic heterocycles. The third-order valence-electron chi connectivity index (χ3n) is 2.97. The Morgan fingerprint density at radius 2 is 2.44 bits per heavy atom. The van der Waals surface area contributed by atoms with Crippen LogP contribution in [0.2, 0.25) is 0 Å². The molecule has 1 unspecified atom stereocenters. The number of carbonyl (C=O) groups is 1. The molecule has 1 atom stereocenters. The van der Waals surface area contributed by atoms with E-state index in [2.05, 4.69) is 11.9 Å². The van der Waals surface area contributed by atoms with E-state index in [0.29, 0.717) is 11.5 Å². The van der Waals surface area contributed by atoms with Gasteiger partial charge in [0.05, 0.1) is 11.8 Å². The summed E-state index contributed by atoms with van der Waals surface area (Å²) in [5.74, 6) is 0.416. The molecule has 1 saturated heterocycles. The van der Waals surface area contributed by atoms with E-state index in [9.17, 15) is 9.90 Å². The summed E-state index contributed by atoms with van der Waals surface area (Å²) in [6, 6.07) is 1.57. The van der Waals surface area contributed by atoms with Gasteiger partial charge in [-0.3, -0.25) is 9.78 Å². The zero-order valence-electron chi connectivity index (χ0n) is 9.39. The highest BCUT2D eigenvalue weighted by Crippen LogP contribution is 2.21. The average Bonchev–Trinajstić information content (AvgIpc) is 2.29. The Kier molecular flexibility index (Phi) is 3.08. The van der Waals surface area contributed by atoms with Crippen molar-refractivity contribution in [2.75, 3.05) is 13.1 Å². The van der Waals surface area contributed by atoms with Crippen LogP contribution < -0.4 is 0 Å². The number of nitrogens with zero attached hydrogens (tertiary/aromatic N) is 2. The summed E-state index contributed by atoms with van der Waals surface area (Å²) in [6.45, 7) is 3.71. The van der Waals surface area contributed by atoms with Crippen molar-refractivity contribution < 1.29 is 9.90 Å². The minimum Gasteiger partial charge on any atom is -0.505 e. The molecule has 1 aromatic rings. The van der Waals surface area contributed by atoms with Crippen molar-refractivity contribution in [1.82, 2.24) is 9.88 Å². The lowest BCUT2D eigenvalue weighted by Crippen LogP contribution is -2.39. The number of carbonyl (C=O) groups excluding carboxylic acids is 1. The lowest BCUT2D eigenvalue weighted by molar-refractivity contribution is 0.0680. The topological polar surface area (TPSA) is 53.4 Å². The molecule has 1 aliphatic rings. The fourth-order valence-corrected chi connectivity index (χ4v) is 2.11. The number of rotatable bonds is 1.